The number of ether oxygens (including phenoxy) is 1. The molecule has 0 spiro atoms. The SMILES string of the molecule is C=CCCCCc1cc(F)cc(CC)c1-c1cc([C@H](CC(=O)OCC)NC(=O)[C@H](CC=C)n2cc(CCN(C)C)c(C(F)(F)F)cc2=O)c(F)c(C(F)(F)F)c1. The molecule has 2 atom stereocenters. The summed E-state index contributed by atoms with van der Waals surface area (Å²) in [6.45, 7) is 10.3. The van der Waals surface area contributed by atoms with Crippen LogP contribution in [0.3, 0.4) is 0 Å². The first-order valence-corrected chi connectivity index (χ1v) is 18.1. The van der Waals surface area contributed by atoms with Gasteiger partial charge >= 0.3 is 18.3 Å². The molecule has 56 heavy (non-hydrogen) atoms. The summed E-state index contributed by atoms with van der Waals surface area (Å²) in [5.41, 5.74) is -4.44. The molecule has 0 saturated heterocycles. The molecule has 1 N–H and O–H groups in total. The maximum atomic E-state index is 16.3. The lowest BCUT2D eigenvalue weighted by Crippen LogP contribution is -2.40. The minimum Gasteiger partial charge on any atom is -0.466 e. The number of pyridine rings is 1. The lowest BCUT2D eigenvalue weighted by atomic mass is 9.87. The number of esters is 1. The molecule has 3 aromatic rings. The summed E-state index contributed by atoms with van der Waals surface area (Å²) in [7, 11) is 3.26. The average molecular weight is 798 g/mol. The number of carbonyl (C=O) groups is 2. The van der Waals surface area contributed by atoms with Crippen molar-refractivity contribution in [2.45, 2.75) is 89.7 Å². The van der Waals surface area contributed by atoms with E-state index in [4.69, 9.17) is 4.74 Å². The van der Waals surface area contributed by atoms with Crippen molar-refractivity contribution in [3.63, 3.8) is 0 Å². The van der Waals surface area contributed by atoms with E-state index in [9.17, 15) is 45.1 Å². The molecule has 1 aromatic heterocycles. The highest BCUT2D eigenvalue weighted by molar-refractivity contribution is 5.82. The van der Waals surface area contributed by atoms with E-state index in [-0.39, 0.29) is 55.5 Å². The Bertz CT molecular complexity index is 1940. The molecular formula is C41H47F8N3O4. The Kier molecular flexibility index (Phi) is 16.2. The van der Waals surface area contributed by atoms with E-state index < -0.39 is 76.6 Å². The summed E-state index contributed by atoms with van der Waals surface area (Å²) in [5.74, 6) is -4.57. The van der Waals surface area contributed by atoms with E-state index >= 15 is 4.39 Å². The lowest BCUT2D eigenvalue weighted by molar-refractivity contribution is -0.144. The number of hydrogen-bond acceptors (Lipinski definition) is 5. The second-order valence-corrected chi connectivity index (χ2v) is 13.5. The number of carbonyl (C=O) groups excluding carboxylic acids is 2. The molecule has 0 fully saturated rings. The van der Waals surface area contributed by atoms with Crippen LogP contribution in [0.25, 0.3) is 11.1 Å². The molecule has 0 saturated carbocycles. The highest BCUT2D eigenvalue weighted by atomic mass is 19.4. The Labute approximate surface area is 321 Å². The van der Waals surface area contributed by atoms with Crippen LogP contribution in [0.2, 0.25) is 0 Å². The Morgan fingerprint density at radius 2 is 1.55 bits per heavy atom. The third-order valence-electron chi connectivity index (χ3n) is 9.14. The van der Waals surface area contributed by atoms with Crippen molar-refractivity contribution < 1.29 is 49.4 Å². The Balaban J connectivity index is 2.30. The smallest absolute Gasteiger partial charge is 0.419 e. The predicted molar refractivity (Wildman–Crippen MR) is 198 cm³/mol. The molecule has 1 heterocycles. The molecule has 0 aliphatic rings. The van der Waals surface area contributed by atoms with Gasteiger partial charge in [-0.3, -0.25) is 14.4 Å². The Hall–Kier alpha value is -4.79. The van der Waals surface area contributed by atoms with Gasteiger partial charge in [-0.05, 0) is 118 Å². The van der Waals surface area contributed by atoms with Gasteiger partial charge in [0, 0.05) is 24.4 Å². The largest absolute Gasteiger partial charge is 0.466 e. The van der Waals surface area contributed by atoms with Gasteiger partial charge in [0.1, 0.15) is 17.7 Å². The lowest BCUT2D eigenvalue weighted by Gasteiger charge is -2.26. The normalized spacial score (nSPS) is 13.0. The van der Waals surface area contributed by atoms with E-state index in [1.54, 1.807) is 32.0 Å². The summed E-state index contributed by atoms with van der Waals surface area (Å²) in [5, 5.41) is 2.39. The molecule has 15 heteroatoms. The second kappa shape index (κ2) is 19.9. The van der Waals surface area contributed by atoms with Crippen LogP contribution in [-0.2, 0) is 45.9 Å². The van der Waals surface area contributed by atoms with Crippen LogP contribution in [0.4, 0.5) is 35.1 Å². The maximum absolute atomic E-state index is 16.3. The van der Waals surface area contributed by atoms with Crippen molar-refractivity contribution in [3.05, 3.63) is 117 Å². The number of halogens is 8. The molecule has 1 amide bonds. The molecule has 7 nitrogen and oxygen atoms in total. The van der Waals surface area contributed by atoms with E-state index in [1.807, 2.05) is 0 Å². The highest BCUT2D eigenvalue weighted by Crippen LogP contribution is 2.41. The zero-order chi connectivity index (χ0) is 42.0. The van der Waals surface area contributed by atoms with Gasteiger partial charge in [0.25, 0.3) is 5.56 Å². The number of allylic oxidation sites excluding steroid dienone is 2. The summed E-state index contributed by atoms with van der Waals surface area (Å²) < 4.78 is 123. The van der Waals surface area contributed by atoms with Gasteiger partial charge in [-0.1, -0.05) is 19.1 Å². The fourth-order valence-electron chi connectivity index (χ4n) is 6.47. The van der Waals surface area contributed by atoms with Gasteiger partial charge < -0.3 is 19.5 Å². The van der Waals surface area contributed by atoms with Crippen LogP contribution in [0.5, 0.6) is 0 Å². The second-order valence-electron chi connectivity index (χ2n) is 13.5. The van der Waals surface area contributed by atoms with Crippen LogP contribution < -0.4 is 10.9 Å². The van der Waals surface area contributed by atoms with E-state index in [0.717, 1.165) is 16.8 Å². The van der Waals surface area contributed by atoms with Crippen molar-refractivity contribution in [3.8, 4) is 11.1 Å². The van der Waals surface area contributed by atoms with Crippen molar-refractivity contribution in [2.24, 2.45) is 0 Å². The minimum atomic E-state index is -5.27. The summed E-state index contributed by atoms with van der Waals surface area (Å²) in [6, 6.07) is 0.918. The van der Waals surface area contributed by atoms with E-state index in [1.165, 1.54) is 25.1 Å². The third kappa shape index (κ3) is 11.9. The first kappa shape index (κ1) is 45.6. The summed E-state index contributed by atoms with van der Waals surface area (Å²) in [4.78, 5) is 41.8. The summed E-state index contributed by atoms with van der Waals surface area (Å²) in [6.07, 6.45) is -5.52. The number of likely N-dealkylation sites (N-methyl/N-ethyl adjacent to an activating group) is 1. The van der Waals surface area contributed by atoms with Gasteiger partial charge in [0.2, 0.25) is 5.91 Å². The van der Waals surface area contributed by atoms with E-state index in [2.05, 4.69) is 18.5 Å². The first-order chi connectivity index (χ1) is 26.3. The van der Waals surface area contributed by atoms with Crippen LogP contribution in [0.1, 0.15) is 91.4 Å². The molecule has 0 unspecified atom stereocenters. The molecule has 2 aromatic carbocycles. The van der Waals surface area contributed by atoms with Gasteiger partial charge in [-0.15, -0.1) is 13.2 Å². The topological polar surface area (TPSA) is 80.6 Å². The number of hydrogen-bond donors (Lipinski definition) is 1. The molecule has 0 aliphatic heterocycles. The number of aryl methyl sites for hydroxylation is 2. The standard InChI is InChI=1S/C41H47F8N3O4/c1-7-11-12-13-15-26-19-29(42)18-25(9-3)37(26)28-20-30(38(43)32(21-28)41(47,48)49)33(23-36(54)56-10-4)50-39(55)34(14-8-2)52-24-27(16-17-51(5)6)31(22-35(52)53)40(44,45)46/h7-8,18-22,24,33-34H,1-2,9-17,23H2,3-6H3,(H,50,55)/t33-,34-/m0/s1. The number of unbranched alkanes of at least 4 members (excludes halogenated alkanes) is 2. The fraction of sp³-hybridized carbons (Fsp3) is 0.439. The fourth-order valence-corrected chi connectivity index (χ4v) is 6.47. The predicted octanol–water partition coefficient (Wildman–Crippen LogP) is 9.32. The molecule has 0 bridgehead atoms. The van der Waals surface area contributed by atoms with Gasteiger partial charge in [-0.25, -0.2) is 8.78 Å². The molecule has 0 aliphatic carbocycles. The zero-order valence-electron chi connectivity index (χ0n) is 31.8. The van der Waals surface area contributed by atoms with Gasteiger partial charge in [0.15, 0.2) is 0 Å². The first-order valence-electron chi connectivity index (χ1n) is 18.1. The summed E-state index contributed by atoms with van der Waals surface area (Å²) >= 11 is 0. The number of nitrogens with one attached hydrogen (secondary N) is 1. The Morgan fingerprint density at radius 1 is 0.893 bits per heavy atom. The van der Waals surface area contributed by atoms with Crippen LogP contribution in [-0.4, -0.2) is 48.6 Å². The van der Waals surface area contributed by atoms with Gasteiger partial charge in [0.05, 0.1) is 30.2 Å². The number of nitrogens with zero attached hydrogens (tertiary/aromatic N) is 2. The van der Waals surface area contributed by atoms with Gasteiger partial charge in [-0.2, -0.15) is 26.3 Å². The highest BCUT2D eigenvalue weighted by Gasteiger charge is 2.39. The van der Waals surface area contributed by atoms with Crippen molar-refractivity contribution >= 4 is 11.9 Å². The number of alkyl halides is 6. The molecule has 3 rings (SSSR count). The van der Waals surface area contributed by atoms with E-state index in [0.29, 0.717) is 42.5 Å². The molecule has 0 radical (unpaired) electrons. The minimum absolute atomic E-state index is 0.142. The number of amides is 1. The number of benzene rings is 2. The number of aromatic nitrogens is 1. The Morgan fingerprint density at radius 3 is 2.12 bits per heavy atom. The van der Waals surface area contributed by atoms with Crippen LogP contribution in [0, 0.1) is 11.6 Å². The van der Waals surface area contributed by atoms with Crippen LogP contribution in [0.15, 0.2) is 66.6 Å². The number of rotatable bonds is 19. The maximum Gasteiger partial charge on any atom is 0.419 e. The van der Waals surface area contributed by atoms with Crippen molar-refractivity contribution in [2.75, 3.05) is 27.2 Å². The quantitative estimate of drug-likeness (QED) is 0.0567. The zero-order valence-corrected chi connectivity index (χ0v) is 31.8. The van der Waals surface area contributed by atoms with Crippen LogP contribution >= 0.6 is 0 Å². The third-order valence-corrected chi connectivity index (χ3v) is 9.14. The average Bonchev–Trinajstić information content (AvgIpc) is 3.10. The monoisotopic (exact) mass is 797 g/mol. The molecular weight excluding hydrogens is 750 g/mol. The van der Waals surface area contributed by atoms with Crippen molar-refractivity contribution in [1.82, 2.24) is 14.8 Å². The molecule has 306 valence electrons. The van der Waals surface area contributed by atoms with Crippen molar-refractivity contribution in [1.29, 1.82) is 0 Å².